The van der Waals surface area contributed by atoms with Gasteiger partial charge in [0.2, 0.25) is 0 Å². The minimum absolute atomic E-state index is 0.0659. The van der Waals surface area contributed by atoms with Crippen molar-refractivity contribution in [1.29, 1.82) is 0 Å². The summed E-state index contributed by atoms with van der Waals surface area (Å²) >= 11 is 0. The molecule has 0 bridgehead atoms. The number of hydrogen-bond donors (Lipinski definition) is 1. The summed E-state index contributed by atoms with van der Waals surface area (Å²) in [4.78, 5) is 24.2. The Kier molecular flexibility index (Phi) is 4.58. The van der Waals surface area contributed by atoms with E-state index in [0.717, 1.165) is 25.7 Å². The second-order valence-corrected chi connectivity index (χ2v) is 5.34. The molecular weight excluding hydrogens is 280 g/mol. The predicted molar refractivity (Wildman–Crippen MR) is 80.4 cm³/mol. The van der Waals surface area contributed by atoms with E-state index < -0.39 is 0 Å². The number of hydrogen-bond acceptors (Lipinski definition) is 5. The highest BCUT2D eigenvalue weighted by atomic mass is 16.5. The van der Waals surface area contributed by atoms with E-state index in [1.54, 1.807) is 43.0 Å². The summed E-state index contributed by atoms with van der Waals surface area (Å²) in [6.45, 7) is 0. The summed E-state index contributed by atoms with van der Waals surface area (Å²) in [5, 5.41) is 3.05. The Morgan fingerprint density at radius 3 is 2.55 bits per heavy atom. The Hall–Kier alpha value is -2.50. The van der Waals surface area contributed by atoms with Gasteiger partial charge in [-0.2, -0.15) is 0 Å². The lowest BCUT2D eigenvalue weighted by Gasteiger charge is -2.28. The maximum absolute atomic E-state index is 12.1. The van der Waals surface area contributed by atoms with Gasteiger partial charge in [-0.25, -0.2) is 9.97 Å². The first-order valence-corrected chi connectivity index (χ1v) is 7.46. The largest absolute Gasteiger partial charge is 0.460 e. The number of ether oxygens (including phenoxy) is 1. The van der Waals surface area contributed by atoms with Crippen LogP contribution in [0.25, 0.3) is 0 Å². The van der Waals surface area contributed by atoms with Gasteiger partial charge >= 0.3 is 6.01 Å². The van der Waals surface area contributed by atoms with Gasteiger partial charge in [-0.15, -0.1) is 0 Å². The number of aromatic nitrogens is 3. The van der Waals surface area contributed by atoms with E-state index in [2.05, 4.69) is 20.3 Å². The highest BCUT2D eigenvalue weighted by Crippen LogP contribution is 2.22. The summed E-state index contributed by atoms with van der Waals surface area (Å²) in [5.41, 5.74) is 0.596. The third kappa shape index (κ3) is 3.78. The van der Waals surface area contributed by atoms with Gasteiger partial charge in [0.1, 0.15) is 6.10 Å². The Balaban J connectivity index is 1.47. The zero-order valence-corrected chi connectivity index (χ0v) is 12.2. The summed E-state index contributed by atoms with van der Waals surface area (Å²) in [5.74, 6) is -0.0659. The fraction of sp³-hybridized carbons (Fsp3) is 0.375. The standard InChI is InChI=1S/C16H18N4O2/c21-15(12-3-1-8-17-11-12)20-13-4-6-14(7-5-13)22-16-18-9-2-10-19-16/h1-3,8-11,13-14H,4-7H2,(H,20,21). The van der Waals surface area contributed by atoms with Crippen LogP contribution in [0.5, 0.6) is 6.01 Å². The molecule has 1 fully saturated rings. The van der Waals surface area contributed by atoms with Crippen molar-refractivity contribution >= 4 is 5.91 Å². The molecule has 1 saturated carbocycles. The molecule has 2 aromatic heterocycles. The van der Waals surface area contributed by atoms with E-state index in [-0.39, 0.29) is 18.1 Å². The number of carbonyl (C=O) groups is 1. The molecule has 0 aliphatic heterocycles. The average Bonchev–Trinajstić information content (AvgIpc) is 2.58. The first-order valence-electron chi connectivity index (χ1n) is 7.46. The molecule has 1 aliphatic rings. The molecule has 114 valence electrons. The van der Waals surface area contributed by atoms with Crippen LogP contribution in [0.15, 0.2) is 43.0 Å². The predicted octanol–water partition coefficient (Wildman–Crippen LogP) is 1.99. The Bertz CT molecular complexity index is 598. The summed E-state index contributed by atoms with van der Waals surface area (Å²) in [6.07, 6.45) is 10.2. The third-order valence-corrected chi connectivity index (χ3v) is 3.75. The first-order chi connectivity index (χ1) is 10.8. The van der Waals surface area contributed by atoms with Crippen molar-refractivity contribution in [2.75, 3.05) is 0 Å². The van der Waals surface area contributed by atoms with Gasteiger partial charge in [-0.1, -0.05) is 0 Å². The molecule has 0 atom stereocenters. The second kappa shape index (κ2) is 6.98. The normalized spacial score (nSPS) is 21.1. The lowest BCUT2D eigenvalue weighted by atomic mass is 9.93. The van der Waals surface area contributed by atoms with Gasteiger partial charge in [-0.3, -0.25) is 9.78 Å². The minimum atomic E-state index is -0.0659. The van der Waals surface area contributed by atoms with Crippen LogP contribution < -0.4 is 10.1 Å². The van der Waals surface area contributed by atoms with Crippen molar-refractivity contribution in [3.63, 3.8) is 0 Å². The topological polar surface area (TPSA) is 77.0 Å². The maximum atomic E-state index is 12.1. The molecule has 22 heavy (non-hydrogen) atoms. The fourth-order valence-corrected chi connectivity index (χ4v) is 2.59. The van der Waals surface area contributed by atoms with Crippen LogP contribution in [-0.2, 0) is 0 Å². The van der Waals surface area contributed by atoms with Gasteiger partial charge in [0, 0.05) is 30.8 Å². The molecule has 0 spiro atoms. The SMILES string of the molecule is O=C(NC1CCC(Oc2ncccn2)CC1)c1cccnc1. The molecule has 6 nitrogen and oxygen atoms in total. The number of rotatable bonds is 4. The number of amides is 1. The highest BCUT2D eigenvalue weighted by Gasteiger charge is 2.24. The van der Waals surface area contributed by atoms with Crippen LogP contribution in [-0.4, -0.2) is 33.0 Å². The van der Waals surface area contributed by atoms with E-state index in [0.29, 0.717) is 11.6 Å². The van der Waals surface area contributed by atoms with Gasteiger partial charge in [-0.05, 0) is 43.9 Å². The van der Waals surface area contributed by atoms with E-state index in [9.17, 15) is 4.79 Å². The van der Waals surface area contributed by atoms with E-state index in [4.69, 9.17) is 4.74 Å². The van der Waals surface area contributed by atoms with E-state index in [1.807, 2.05) is 0 Å². The molecule has 0 unspecified atom stereocenters. The molecule has 6 heteroatoms. The highest BCUT2D eigenvalue weighted by molar-refractivity contribution is 5.93. The van der Waals surface area contributed by atoms with Gasteiger partial charge in [0.05, 0.1) is 5.56 Å². The number of carbonyl (C=O) groups excluding carboxylic acids is 1. The molecule has 0 aromatic carbocycles. The smallest absolute Gasteiger partial charge is 0.316 e. The zero-order chi connectivity index (χ0) is 15.2. The van der Waals surface area contributed by atoms with Crippen molar-refractivity contribution in [1.82, 2.24) is 20.3 Å². The number of pyridine rings is 1. The van der Waals surface area contributed by atoms with Crippen molar-refractivity contribution in [2.45, 2.75) is 37.8 Å². The molecule has 2 heterocycles. The van der Waals surface area contributed by atoms with Gasteiger partial charge in [0.15, 0.2) is 0 Å². The first kappa shape index (κ1) is 14.4. The van der Waals surface area contributed by atoms with Crippen LogP contribution in [0.2, 0.25) is 0 Å². The monoisotopic (exact) mass is 298 g/mol. The summed E-state index contributed by atoms with van der Waals surface area (Å²) in [7, 11) is 0. The van der Waals surface area contributed by atoms with Crippen molar-refractivity contribution < 1.29 is 9.53 Å². The van der Waals surface area contributed by atoms with Crippen LogP contribution >= 0.6 is 0 Å². The lowest BCUT2D eigenvalue weighted by Crippen LogP contribution is -2.39. The number of nitrogens with zero attached hydrogens (tertiary/aromatic N) is 3. The zero-order valence-electron chi connectivity index (χ0n) is 12.2. The van der Waals surface area contributed by atoms with Crippen molar-refractivity contribution in [3.05, 3.63) is 48.5 Å². The molecule has 1 amide bonds. The quantitative estimate of drug-likeness (QED) is 0.934. The molecule has 0 saturated heterocycles. The van der Waals surface area contributed by atoms with Crippen LogP contribution in [0.4, 0.5) is 0 Å². The summed E-state index contributed by atoms with van der Waals surface area (Å²) in [6, 6.07) is 5.90. The lowest BCUT2D eigenvalue weighted by molar-refractivity contribution is 0.0885. The number of nitrogens with one attached hydrogen (secondary N) is 1. The van der Waals surface area contributed by atoms with Crippen LogP contribution in [0, 0.1) is 0 Å². The Morgan fingerprint density at radius 2 is 1.86 bits per heavy atom. The van der Waals surface area contributed by atoms with E-state index >= 15 is 0 Å². The van der Waals surface area contributed by atoms with Crippen LogP contribution in [0.3, 0.4) is 0 Å². The molecule has 1 N–H and O–H groups in total. The van der Waals surface area contributed by atoms with Crippen molar-refractivity contribution in [2.24, 2.45) is 0 Å². The Labute approximate surface area is 129 Å². The van der Waals surface area contributed by atoms with Gasteiger partial charge in [0.25, 0.3) is 5.91 Å². The fourth-order valence-electron chi connectivity index (χ4n) is 2.59. The Morgan fingerprint density at radius 1 is 1.09 bits per heavy atom. The molecule has 1 aliphatic carbocycles. The van der Waals surface area contributed by atoms with Crippen molar-refractivity contribution in [3.8, 4) is 6.01 Å². The average molecular weight is 298 g/mol. The third-order valence-electron chi connectivity index (χ3n) is 3.75. The summed E-state index contributed by atoms with van der Waals surface area (Å²) < 4.78 is 5.75. The maximum Gasteiger partial charge on any atom is 0.316 e. The molecule has 0 radical (unpaired) electrons. The van der Waals surface area contributed by atoms with Gasteiger partial charge < -0.3 is 10.1 Å². The van der Waals surface area contributed by atoms with E-state index in [1.165, 1.54) is 0 Å². The minimum Gasteiger partial charge on any atom is -0.460 e. The molecule has 2 aromatic rings. The molecular formula is C16H18N4O2. The molecule has 3 rings (SSSR count). The van der Waals surface area contributed by atoms with Crippen LogP contribution in [0.1, 0.15) is 36.0 Å². The second-order valence-electron chi connectivity index (χ2n) is 5.34.